The van der Waals surface area contributed by atoms with Gasteiger partial charge >= 0.3 is 5.97 Å². The van der Waals surface area contributed by atoms with Crippen molar-refractivity contribution in [2.75, 3.05) is 11.9 Å². The Hall–Kier alpha value is -2.82. The second-order valence-electron chi connectivity index (χ2n) is 5.71. The van der Waals surface area contributed by atoms with Crippen molar-refractivity contribution in [2.45, 2.75) is 33.8 Å². The normalized spacial score (nSPS) is 11.5. The maximum atomic E-state index is 12.5. The van der Waals surface area contributed by atoms with Gasteiger partial charge < -0.3 is 14.8 Å². The van der Waals surface area contributed by atoms with E-state index in [1.54, 1.807) is 38.1 Å². The van der Waals surface area contributed by atoms with Crippen LogP contribution in [-0.4, -0.2) is 24.6 Å². The van der Waals surface area contributed by atoms with Crippen LogP contribution in [0.4, 0.5) is 5.69 Å². The molecule has 25 heavy (non-hydrogen) atoms. The fourth-order valence-electron chi connectivity index (χ4n) is 2.31. The Morgan fingerprint density at radius 1 is 1.08 bits per heavy atom. The number of carbonyl (C=O) groups excluding carboxylic acids is 2. The maximum absolute atomic E-state index is 12.5. The van der Waals surface area contributed by atoms with E-state index < -0.39 is 12.1 Å². The molecule has 0 aliphatic rings. The van der Waals surface area contributed by atoms with E-state index in [-0.39, 0.29) is 12.5 Å². The number of ether oxygens (including phenoxy) is 2. The first-order valence-corrected chi connectivity index (χ1v) is 8.24. The van der Waals surface area contributed by atoms with Crippen LogP contribution in [-0.2, 0) is 9.53 Å². The highest BCUT2D eigenvalue weighted by molar-refractivity contribution is 6.02. The van der Waals surface area contributed by atoms with Gasteiger partial charge in [0.05, 0.1) is 17.9 Å². The molecule has 0 spiro atoms. The number of benzene rings is 2. The third-order valence-corrected chi connectivity index (χ3v) is 3.91. The van der Waals surface area contributed by atoms with Crippen LogP contribution in [0.2, 0.25) is 0 Å². The number of carbonyl (C=O) groups is 2. The van der Waals surface area contributed by atoms with Crippen molar-refractivity contribution in [2.24, 2.45) is 0 Å². The number of esters is 1. The largest absolute Gasteiger partial charge is 0.481 e. The van der Waals surface area contributed by atoms with Gasteiger partial charge in [-0.25, -0.2) is 4.79 Å². The van der Waals surface area contributed by atoms with Crippen LogP contribution >= 0.6 is 0 Å². The summed E-state index contributed by atoms with van der Waals surface area (Å²) in [4.78, 5) is 24.4. The predicted octanol–water partition coefficient (Wildman–Crippen LogP) is 3.89. The van der Waals surface area contributed by atoms with E-state index in [9.17, 15) is 9.59 Å². The number of amides is 1. The molecule has 0 bridgehead atoms. The highest BCUT2D eigenvalue weighted by atomic mass is 16.5. The first kappa shape index (κ1) is 18.5. The summed E-state index contributed by atoms with van der Waals surface area (Å²) in [6.07, 6.45) is -0.712. The van der Waals surface area contributed by atoms with Crippen molar-refractivity contribution < 1.29 is 19.1 Å². The molecule has 5 heteroatoms. The number of para-hydroxylation sites is 1. The van der Waals surface area contributed by atoms with Crippen LogP contribution in [0.1, 0.15) is 35.3 Å². The molecule has 2 rings (SSSR count). The average molecular weight is 341 g/mol. The molecule has 0 aliphatic heterocycles. The second-order valence-corrected chi connectivity index (χ2v) is 5.71. The molecule has 0 fully saturated rings. The lowest BCUT2D eigenvalue weighted by Crippen LogP contribution is -2.31. The first-order chi connectivity index (χ1) is 11.9. The number of aryl methyl sites for hydroxylation is 1. The number of rotatable bonds is 6. The lowest BCUT2D eigenvalue weighted by molar-refractivity contribution is -0.122. The Kier molecular flexibility index (Phi) is 6.17. The summed E-state index contributed by atoms with van der Waals surface area (Å²) in [7, 11) is 0. The zero-order chi connectivity index (χ0) is 18.4. The monoisotopic (exact) mass is 341 g/mol. The van der Waals surface area contributed by atoms with Crippen molar-refractivity contribution >= 4 is 17.6 Å². The third-order valence-electron chi connectivity index (χ3n) is 3.91. The van der Waals surface area contributed by atoms with E-state index in [0.717, 1.165) is 11.1 Å². The lowest BCUT2D eigenvalue weighted by Gasteiger charge is -2.18. The smallest absolute Gasteiger partial charge is 0.340 e. The fourth-order valence-corrected chi connectivity index (χ4v) is 2.31. The van der Waals surface area contributed by atoms with Gasteiger partial charge in [0.15, 0.2) is 6.10 Å². The first-order valence-electron chi connectivity index (χ1n) is 8.24. The van der Waals surface area contributed by atoms with Crippen molar-refractivity contribution in [1.29, 1.82) is 0 Å². The summed E-state index contributed by atoms with van der Waals surface area (Å²) >= 11 is 0. The molecule has 0 heterocycles. The van der Waals surface area contributed by atoms with Gasteiger partial charge in [-0.05, 0) is 57.0 Å². The van der Waals surface area contributed by atoms with Crippen LogP contribution in [0.3, 0.4) is 0 Å². The van der Waals surface area contributed by atoms with Gasteiger partial charge in [0.2, 0.25) is 0 Å². The minimum absolute atomic E-state index is 0.271. The topological polar surface area (TPSA) is 64.6 Å². The molecule has 5 nitrogen and oxygen atoms in total. The summed E-state index contributed by atoms with van der Waals surface area (Å²) in [5.74, 6) is -0.138. The lowest BCUT2D eigenvalue weighted by atomic mass is 10.1. The summed E-state index contributed by atoms with van der Waals surface area (Å²) in [6, 6.07) is 12.4. The Balaban J connectivity index is 2.12. The maximum Gasteiger partial charge on any atom is 0.340 e. The van der Waals surface area contributed by atoms with Gasteiger partial charge in [-0.2, -0.15) is 0 Å². The fraction of sp³-hybridized carbons (Fsp3) is 0.300. The van der Waals surface area contributed by atoms with Crippen LogP contribution in [0.15, 0.2) is 42.5 Å². The summed E-state index contributed by atoms with van der Waals surface area (Å²) < 4.78 is 10.8. The van der Waals surface area contributed by atoms with E-state index in [1.165, 1.54) is 0 Å². The molecule has 2 aromatic carbocycles. The molecule has 132 valence electrons. The summed E-state index contributed by atoms with van der Waals surface area (Å²) in [5.41, 5.74) is 2.81. The molecule has 1 N–H and O–H groups in total. The van der Waals surface area contributed by atoms with Crippen LogP contribution in [0.5, 0.6) is 5.75 Å². The third kappa shape index (κ3) is 4.59. The quantitative estimate of drug-likeness (QED) is 0.810. The van der Waals surface area contributed by atoms with Crippen molar-refractivity contribution in [1.82, 2.24) is 0 Å². The number of anilines is 1. The number of hydrogen-bond donors (Lipinski definition) is 1. The van der Waals surface area contributed by atoms with Crippen LogP contribution in [0, 0.1) is 13.8 Å². The van der Waals surface area contributed by atoms with Gasteiger partial charge in [-0.3, -0.25) is 4.79 Å². The summed E-state index contributed by atoms with van der Waals surface area (Å²) in [6.45, 7) is 7.62. The Morgan fingerprint density at radius 3 is 2.52 bits per heavy atom. The predicted molar refractivity (Wildman–Crippen MR) is 97.0 cm³/mol. The number of nitrogens with one attached hydrogen (secondary N) is 1. The van der Waals surface area contributed by atoms with E-state index in [0.29, 0.717) is 17.0 Å². The van der Waals surface area contributed by atoms with Crippen molar-refractivity contribution in [3.8, 4) is 5.75 Å². The molecule has 2 aromatic rings. The molecule has 0 aliphatic carbocycles. The van der Waals surface area contributed by atoms with Crippen molar-refractivity contribution in [3.63, 3.8) is 0 Å². The van der Waals surface area contributed by atoms with Gasteiger partial charge in [0.25, 0.3) is 5.91 Å². The average Bonchev–Trinajstić information content (AvgIpc) is 2.59. The molecule has 0 radical (unpaired) electrons. The Bertz CT molecular complexity index is 770. The zero-order valence-corrected chi connectivity index (χ0v) is 15.0. The van der Waals surface area contributed by atoms with Crippen molar-refractivity contribution in [3.05, 3.63) is 59.2 Å². The van der Waals surface area contributed by atoms with Gasteiger partial charge in [-0.1, -0.05) is 24.3 Å². The highest BCUT2D eigenvalue weighted by Gasteiger charge is 2.19. The second kappa shape index (κ2) is 8.33. The molecule has 1 atom stereocenters. The van der Waals surface area contributed by atoms with E-state index in [1.807, 2.05) is 32.0 Å². The van der Waals surface area contributed by atoms with Crippen LogP contribution in [0.25, 0.3) is 0 Å². The standard InChI is InChI=1S/C20H23NO4/c1-5-24-20(23)16-10-6-7-11-17(16)21-19(22)15(4)25-18-12-8-9-13(2)14(18)3/h6-12,15H,5H2,1-4H3,(H,21,22). The van der Waals surface area contributed by atoms with Gasteiger partial charge in [0.1, 0.15) is 5.75 Å². The van der Waals surface area contributed by atoms with Gasteiger partial charge in [-0.15, -0.1) is 0 Å². The highest BCUT2D eigenvalue weighted by Crippen LogP contribution is 2.22. The molecular weight excluding hydrogens is 318 g/mol. The van der Waals surface area contributed by atoms with E-state index in [4.69, 9.17) is 9.47 Å². The minimum atomic E-state index is -0.712. The molecule has 0 saturated carbocycles. The van der Waals surface area contributed by atoms with Crippen LogP contribution < -0.4 is 10.1 Å². The Labute approximate surface area is 148 Å². The molecule has 0 saturated heterocycles. The van der Waals surface area contributed by atoms with Gasteiger partial charge in [0, 0.05) is 0 Å². The molecule has 0 aromatic heterocycles. The molecule has 1 unspecified atom stereocenters. The van der Waals surface area contributed by atoms with E-state index >= 15 is 0 Å². The minimum Gasteiger partial charge on any atom is -0.481 e. The Morgan fingerprint density at radius 2 is 1.80 bits per heavy atom. The number of hydrogen-bond acceptors (Lipinski definition) is 4. The summed E-state index contributed by atoms with van der Waals surface area (Å²) in [5, 5.41) is 2.74. The SMILES string of the molecule is CCOC(=O)c1ccccc1NC(=O)C(C)Oc1cccc(C)c1C. The molecule has 1 amide bonds. The molecular formula is C20H23NO4. The zero-order valence-electron chi connectivity index (χ0n) is 15.0. The van der Waals surface area contributed by atoms with E-state index in [2.05, 4.69) is 5.32 Å².